The highest BCUT2D eigenvalue weighted by Gasteiger charge is 1.98. The third kappa shape index (κ3) is 9.14. The van der Waals surface area contributed by atoms with Gasteiger partial charge in [-0.2, -0.15) is 0 Å². The summed E-state index contributed by atoms with van der Waals surface area (Å²) in [5.74, 6) is 0.530. The van der Waals surface area contributed by atoms with Crippen molar-refractivity contribution in [2.24, 2.45) is 5.92 Å². The molecule has 0 fully saturated rings. The van der Waals surface area contributed by atoms with E-state index >= 15 is 0 Å². The van der Waals surface area contributed by atoms with Gasteiger partial charge in [-0.1, -0.05) is 13.8 Å². The van der Waals surface area contributed by atoms with Crippen molar-refractivity contribution in [3.05, 3.63) is 0 Å². The number of ether oxygens (including phenoxy) is 2. The van der Waals surface area contributed by atoms with Crippen molar-refractivity contribution in [3.63, 3.8) is 0 Å². The van der Waals surface area contributed by atoms with Gasteiger partial charge in [0.25, 0.3) is 0 Å². The van der Waals surface area contributed by atoms with Gasteiger partial charge in [0.1, 0.15) is 0 Å². The van der Waals surface area contributed by atoms with Gasteiger partial charge in [-0.3, -0.25) is 0 Å². The summed E-state index contributed by atoms with van der Waals surface area (Å²) in [6.45, 7) is 8.11. The predicted molar refractivity (Wildman–Crippen MR) is 50.7 cm³/mol. The summed E-state index contributed by atoms with van der Waals surface area (Å²) >= 11 is 0. The number of nitrogens with one attached hydrogen (secondary N) is 1. The molecule has 13 heavy (non-hydrogen) atoms. The maximum absolute atomic E-state index is 10.8. The molecule has 0 aliphatic heterocycles. The van der Waals surface area contributed by atoms with Gasteiger partial charge in [0.15, 0.2) is 0 Å². The Kier molecular flexibility index (Phi) is 7.39. The van der Waals surface area contributed by atoms with Crippen molar-refractivity contribution >= 4 is 6.09 Å². The van der Waals surface area contributed by atoms with Crippen LogP contribution in [0.2, 0.25) is 0 Å². The molecule has 0 unspecified atom stereocenters. The molecule has 78 valence electrons. The number of hydrogen-bond donors (Lipinski definition) is 1. The minimum Gasteiger partial charge on any atom is -0.450 e. The minimum absolute atomic E-state index is 0.379. The molecule has 0 aliphatic rings. The minimum atomic E-state index is -0.379. The number of carbonyl (C=O) groups is 1. The van der Waals surface area contributed by atoms with Crippen molar-refractivity contribution in [1.82, 2.24) is 5.32 Å². The van der Waals surface area contributed by atoms with Gasteiger partial charge in [0, 0.05) is 13.2 Å². The second-order valence-electron chi connectivity index (χ2n) is 3.12. The molecule has 0 heterocycles. The summed E-state index contributed by atoms with van der Waals surface area (Å²) in [6.07, 6.45) is -0.379. The molecule has 0 rings (SSSR count). The van der Waals surface area contributed by atoms with E-state index in [0.717, 1.165) is 6.61 Å². The van der Waals surface area contributed by atoms with Crippen LogP contribution in [0.3, 0.4) is 0 Å². The van der Waals surface area contributed by atoms with Crippen LogP contribution in [0.15, 0.2) is 0 Å². The summed E-state index contributed by atoms with van der Waals surface area (Å²) in [5.41, 5.74) is 0. The van der Waals surface area contributed by atoms with Gasteiger partial charge >= 0.3 is 6.09 Å². The molecule has 1 N–H and O–H groups in total. The van der Waals surface area contributed by atoms with Crippen LogP contribution in [0.5, 0.6) is 0 Å². The lowest BCUT2D eigenvalue weighted by atomic mass is 10.2. The van der Waals surface area contributed by atoms with E-state index in [1.165, 1.54) is 0 Å². The standard InChI is InChI=1S/C9H19NO3/c1-4-13-9(11)10-5-6-12-7-8(2)3/h8H,4-7H2,1-3H3,(H,10,11). The first-order chi connectivity index (χ1) is 6.16. The van der Waals surface area contributed by atoms with E-state index < -0.39 is 0 Å². The largest absolute Gasteiger partial charge is 0.450 e. The Morgan fingerprint density at radius 1 is 1.46 bits per heavy atom. The fourth-order valence-corrected chi connectivity index (χ4v) is 0.726. The van der Waals surface area contributed by atoms with Crippen LogP contribution in [-0.4, -0.2) is 32.5 Å². The number of amides is 1. The number of carbonyl (C=O) groups excluding carboxylic acids is 1. The number of hydrogen-bond acceptors (Lipinski definition) is 3. The first kappa shape index (κ1) is 12.2. The fraction of sp³-hybridized carbons (Fsp3) is 0.889. The van der Waals surface area contributed by atoms with Gasteiger partial charge < -0.3 is 14.8 Å². The molecule has 0 saturated heterocycles. The Bertz CT molecular complexity index is 137. The van der Waals surface area contributed by atoms with Crippen molar-refractivity contribution in [2.45, 2.75) is 20.8 Å². The molecule has 0 aromatic carbocycles. The third-order valence-corrected chi connectivity index (χ3v) is 1.24. The van der Waals surface area contributed by atoms with E-state index in [-0.39, 0.29) is 6.09 Å². The van der Waals surface area contributed by atoms with Crippen molar-refractivity contribution in [3.8, 4) is 0 Å². The molecule has 4 nitrogen and oxygen atoms in total. The second kappa shape index (κ2) is 7.86. The molecule has 0 atom stereocenters. The summed E-state index contributed by atoms with van der Waals surface area (Å²) in [6, 6.07) is 0. The Hall–Kier alpha value is -0.770. The maximum Gasteiger partial charge on any atom is 0.407 e. The van der Waals surface area contributed by atoms with Crippen LogP contribution in [0, 0.1) is 5.92 Å². The number of rotatable bonds is 6. The van der Waals surface area contributed by atoms with E-state index in [2.05, 4.69) is 23.9 Å². The van der Waals surface area contributed by atoms with Gasteiger partial charge in [0.2, 0.25) is 0 Å². The summed E-state index contributed by atoms with van der Waals surface area (Å²) in [7, 11) is 0. The molecular weight excluding hydrogens is 170 g/mol. The summed E-state index contributed by atoms with van der Waals surface area (Å²) in [5, 5.41) is 2.57. The molecule has 4 heteroatoms. The second-order valence-corrected chi connectivity index (χ2v) is 3.12. The maximum atomic E-state index is 10.8. The Balaban J connectivity index is 3.11. The molecule has 0 radical (unpaired) electrons. The Morgan fingerprint density at radius 2 is 2.15 bits per heavy atom. The van der Waals surface area contributed by atoms with Crippen LogP contribution in [0.25, 0.3) is 0 Å². The zero-order valence-corrected chi connectivity index (χ0v) is 8.63. The average Bonchev–Trinajstić information content (AvgIpc) is 2.03. The van der Waals surface area contributed by atoms with E-state index in [9.17, 15) is 4.79 Å². The summed E-state index contributed by atoms with van der Waals surface area (Å²) < 4.78 is 9.92. The number of alkyl carbamates (subject to hydrolysis) is 1. The first-order valence-corrected chi connectivity index (χ1v) is 4.65. The van der Waals surface area contributed by atoms with E-state index in [1.807, 2.05) is 0 Å². The van der Waals surface area contributed by atoms with Crippen LogP contribution in [0.1, 0.15) is 20.8 Å². The van der Waals surface area contributed by atoms with Crippen molar-refractivity contribution in [2.75, 3.05) is 26.4 Å². The smallest absolute Gasteiger partial charge is 0.407 e. The third-order valence-electron chi connectivity index (χ3n) is 1.24. The zero-order chi connectivity index (χ0) is 10.1. The molecule has 0 spiro atoms. The average molecular weight is 189 g/mol. The highest BCUT2D eigenvalue weighted by molar-refractivity contribution is 5.66. The molecular formula is C9H19NO3. The molecule has 1 amide bonds. The van der Waals surface area contributed by atoms with Gasteiger partial charge in [-0.05, 0) is 12.8 Å². The summed E-state index contributed by atoms with van der Waals surface area (Å²) in [4.78, 5) is 10.8. The topological polar surface area (TPSA) is 47.6 Å². The van der Waals surface area contributed by atoms with Crippen LogP contribution in [-0.2, 0) is 9.47 Å². The molecule has 0 saturated carbocycles. The molecule has 0 bridgehead atoms. The van der Waals surface area contributed by atoms with Crippen molar-refractivity contribution in [1.29, 1.82) is 0 Å². The van der Waals surface area contributed by atoms with E-state index in [0.29, 0.717) is 25.7 Å². The Labute approximate surface area is 79.6 Å². The fourth-order valence-electron chi connectivity index (χ4n) is 0.726. The van der Waals surface area contributed by atoms with Crippen LogP contribution < -0.4 is 5.32 Å². The van der Waals surface area contributed by atoms with E-state index in [4.69, 9.17) is 4.74 Å². The first-order valence-electron chi connectivity index (χ1n) is 4.65. The lowest BCUT2D eigenvalue weighted by Crippen LogP contribution is -2.28. The van der Waals surface area contributed by atoms with Gasteiger partial charge in [-0.25, -0.2) is 4.79 Å². The van der Waals surface area contributed by atoms with Crippen LogP contribution in [0.4, 0.5) is 4.79 Å². The van der Waals surface area contributed by atoms with Gasteiger partial charge in [-0.15, -0.1) is 0 Å². The lowest BCUT2D eigenvalue weighted by molar-refractivity contribution is 0.106. The molecule has 0 aromatic heterocycles. The van der Waals surface area contributed by atoms with Gasteiger partial charge in [0.05, 0.1) is 13.2 Å². The Morgan fingerprint density at radius 3 is 2.69 bits per heavy atom. The predicted octanol–water partition coefficient (Wildman–Crippen LogP) is 1.41. The van der Waals surface area contributed by atoms with Crippen molar-refractivity contribution < 1.29 is 14.3 Å². The molecule has 0 aromatic rings. The lowest BCUT2D eigenvalue weighted by Gasteiger charge is -2.07. The normalized spacial score (nSPS) is 10.2. The monoisotopic (exact) mass is 189 g/mol. The molecule has 0 aliphatic carbocycles. The highest BCUT2D eigenvalue weighted by Crippen LogP contribution is 1.90. The zero-order valence-electron chi connectivity index (χ0n) is 8.63. The van der Waals surface area contributed by atoms with E-state index in [1.54, 1.807) is 6.92 Å². The van der Waals surface area contributed by atoms with Crippen LogP contribution >= 0.6 is 0 Å². The SMILES string of the molecule is CCOC(=O)NCCOCC(C)C. The highest BCUT2D eigenvalue weighted by atomic mass is 16.5. The quantitative estimate of drug-likeness (QED) is 0.642.